The third-order valence-corrected chi connectivity index (χ3v) is 6.28. The zero-order valence-electron chi connectivity index (χ0n) is 20.2. The van der Waals surface area contributed by atoms with Gasteiger partial charge in [0.2, 0.25) is 5.91 Å². The van der Waals surface area contributed by atoms with E-state index in [0.717, 1.165) is 48.7 Å². The normalized spacial score (nSPS) is 14.4. The van der Waals surface area contributed by atoms with Gasteiger partial charge in [-0.05, 0) is 55.5 Å². The lowest BCUT2D eigenvalue weighted by Gasteiger charge is -2.28. The van der Waals surface area contributed by atoms with E-state index < -0.39 is 6.04 Å². The van der Waals surface area contributed by atoms with Gasteiger partial charge < -0.3 is 24.8 Å². The van der Waals surface area contributed by atoms with Crippen molar-refractivity contribution in [1.29, 1.82) is 0 Å². The predicted molar refractivity (Wildman–Crippen MR) is 140 cm³/mol. The summed E-state index contributed by atoms with van der Waals surface area (Å²) in [5.41, 5.74) is 4.03. The highest BCUT2D eigenvalue weighted by Gasteiger charge is 2.21. The quantitative estimate of drug-likeness (QED) is 0.415. The van der Waals surface area contributed by atoms with Gasteiger partial charge in [-0.25, -0.2) is 4.98 Å². The van der Waals surface area contributed by atoms with Crippen LogP contribution in [-0.2, 0) is 16.1 Å². The van der Waals surface area contributed by atoms with Crippen molar-refractivity contribution in [2.45, 2.75) is 19.5 Å². The molecule has 4 aromatic rings. The van der Waals surface area contributed by atoms with Crippen LogP contribution >= 0.6 is 0 Å². The van der Waals surface area contributed by atoms with Gasteiger partial charge in [0.05, 0.1) is 30.3 Å². The van der Waals surface area contributed by atoms with Gasteiger partial charge >= 0.3 is 0 Å². The molecule has 1 aromatic heterocycles. The molecular formula is C28H29N5O3. The molecule has 3 aromatic carbocycles. The van der Waals surface area contributed by atoms with E-state index >= 15 is 0 Å². The SMILES string of the molecule is C[C@H](NC(=O)c1ccccc1)c1nc2ccccc2n1CC(=O)Nc1ccc(N2CCOCC2)cc1. The van der Waals surface area contributed by atoms with Crippen LogP contribution in [0.15, 0.2) is 78.9 Å². The number of rotatable bonds is 7. The molecule has 0 saturated carbocycles. The second kappa shape index (κ2) is 10.6. The first-order chi connectivity index (χ1) is 17.6. The number of nitrogens with zero attached hydrogens (tertiary/aromatic N) is 3. The molecule has 36 heavy (non-hydrogen) atoms. The minimum absolute atomic E-state index is 0.0760. The number of hydrogen-bond acceptors (Lipinski definition) is 5. The lowest BCUT2D eigenvalue weighted by molar-refractivity contribution is -0.116. The molecule has 1 aliphatic rings. The fraction of sp³-hybridized carbons (Fsp3) is 0.250. The molecule has 1 saturated heterocycles. The summed E-state index contributed by atoms with van der Waals surface area (Å²) >= 11 is 0. The molecule has 1 fully saturated rings. The van der Waals surface area contributed by atoms with Crippen molar-refractivity contribution in [2.75, 3.05) is 36.5 Å². The highest BCUT2D eigenvalue weighted by Crippen LogP contribution is 2.22. The number of para-hydroxylation sites is 2. The van der Waals surface area contributed by atoms with Crippen LogP contribution in [-0.4, -0.2) is 47.7 Å². The summed E-state index contributed by atoms with van der Waals surface area (Å²) in [7, 11) is 0. The van der Waals surface area contributed by atoms with Crippen molar-refractivity contribution in [3.8, 4) is 0 Å². The molecule has 1 aliphatic heterocycles. The molecule has 8 heteroatoms. The Hall–Kier alpha value is -4.17. The maximum atomic E-state index is 13.1. The maximum Gasteiger partial charge on any atom is 0.251 e. The number of ether oxygens (including phenoxy) is 1. The lowest BCUT2D eigenvalue weighted by Crippen LogP contribution is -2.36. The van der Waals surface area contributed by atoms with Crippen molar-refractivity contribution in [1.82, 2.24) is 14.9 Å². The molecule has 0 unspecified atom stereocenters. The van der Waals surface area contributed by atoms with Crippen molar-refractivity contribution in [3.05, 3.63) is 90.3 Å². The number of carbonyl (C=O) groups excluding carboxylic acids is 2. The average Bonchev–Trinajstić information content (AvgIpc) is 3.28. The number of fused-ring (bicyclic) bond motifs is 1. The number of hydrogen-bond donors (Lipinski definition) is 2. The lowest BCUT2D eigenvalue weighted by atomic mass is 10.2. The molecule has 0 aliphatic carbocycles. The van der Waals surface area contributed by atoms with Gasteiger partial charge in [0, 0.05) is 30.0 Å². The third-order valence-electron chi connectivity index (χ3n) is 6.28. The van der Waals surface area contributed by atoms with Gasteiger partial charge in [0.1, 0.15) is 12.4 Å². The Balaban J connectivity index is 1.31. The van der Waals surface area contributed by atoms with Crippen LogP contribution in [0.25, 0.3) is 11.0 Å². The van der Waals surface area contributed by atoms with Crippen LogP contribution in [0.5, 0.6) is 0 Å². The van der Waals surface area contributed by atoms with Crippen molar-refractivity contribution >= 4 is 34.2 Å². The number of carbonyl (C=O) groups is 2. The van der Waals surface area contributed by atoms with Crippen LogP contribution in [0, 0.1) is 0 Å². The fourth-order valence-corrected chi connectivity index (χ4v) is 4.45. The molecule has 1 atom stereocenters. The Kier molecular flexibility index (Phi) is 6.95. The monoisotopic (exact) mass is 483 g/mol. The zero-order valence-corrected chi connectivity index (χ0v) is 20.2. The highest BCUT2D eigenvalue weighted by molar-refractivity contribution is 5.94. The van der Waals surface area contributed by atoms with Gasteiger partial charge in [-0.3, -0.25) is 9.59 Å². The van der Waals surface area contributed by atoms with E-state index in [-0.39, 0.29) is 18.4 Å². The van der Waals surface area contributed by atoms with Crippen LogP contribution in [0.1, 0.15) is 29.1 Å². The summed E-state index contributed by atoms with van der Waals surface area (Å²) in [6, 6.07) is 24.2. The number of nitrogens with one attached hydrogen (secondary N) is 2. The van der Waals surface area contributed by atoms with Crippen LogP contribution in [0.3, 0.4) is 0 Å². The highest BCUT2D eigenvalue weighted by atomic mass is 16.5. The van der Waals surface area contributed by atoms with Crippen molar-refractivity contribution < 1.29 is 14.3 Å². The van der Waals surface area contributed by atoms with E-state index in [1.807, 2.05) is 78.2 Å². The zero-order chi connectivity index (χ0) is 24.9. The second-order valence-corrected chi connectivity index (χ2v) is 8.80. The van der Waals surface area contributed by atoms with Crippen molar-refractivity contribution in [2.24, 2.45) is 0 Å². The Morgan fingerprint density at radius 2 is 1.64 bits per heavy atom. The summed E-state index contributed by atoms with van der Waals surface area (Å²) in [4.78, 5) is 32.8. The number of amides is 2. The van der Waals surface area contributed by atoms with Crippen LogP contribution in [0.2, 0.25) is 0 Å². The molecule has 2 N–H and O–H groups in total. The number of benzene rings is 3. The summed E-state index contributed by atoms with van der Waals surface area (Å²) in [5, 5.41) is 6.00. The van der Waals surface area contributed by atoms with Crippen LogP contribution in [0.4, 0.5) is 11.4 Å². The van der Waals surface area contributed by atoms with Gasteiger partial charge in [-0.1, -0.05) is 30.3 Å². The molecule has 2 heterocycles. The first-order valence-corrected chi connectivity index (χ1v) is 12.1. The topological polar surface area (TPSA) is 88.5 Å². The standard InChI is InChI=1S/C28H29N5O3/c1-20(29-28(35)21-7-3-2-4-8-21)27-31-24-9-5-6-10-25(24)33(27)19-26(34)30-22-11-13-23(14-12-22)32-15-17-36-18-16-32/h2-14,20H,15-19H2,1H3,(H,29,35)(H,30,34)/t20-/m0/s1. The number of aromatic nitrogens is 2. The molecule has 0 spiro atoms. The molecule has 0 bridgehead atoms. The number of anilines is 2. The minimum atomic E-state index is -0.397. The first kappa shape index (κ1) is 23.6. The van der Waals surface area contributed by atoms with Gasteiger partial charge in [0.25, 0.3) is 5.91 Å². The van der Waals surface area contributed by atoms with Gasteiger partial charge in [-0.2, -0.15) is 0 Å². The smallest absolute Gasteiger partial charge is 0.251 e. The fourth-order valence-electron chi connectivity index (χ4n) is 4.45. The Morgan fingerprint density at radius 3 is 2.39 bits per heavy atom. The van der Waals surface area contributed by atoms with E-state index in [0.29, 0.717) is 11.4 Å². The van der Waals surface area contributed by atoms with E-state index in [4.69, 9.17) is 9.72 Å². The maximum absolute atomic E-state index is 13.1. The molecule has 8 nitrogen and oxygen atoms in total. The van der Waals surface area contributed by atoms with Gasteiger partial charge in [-0.15, -0.1) is 0 Å². The first-order valence-electron chi connectivity index (χ1n) is 12.1. The summed E-state index contributed by atoms with van der Waals surface area (Å²) in [6.07, 6.45) is 0. The summed E-state index contributed by atoms with van der Waals surface area (Å²) in [5.74, 6) is 0.268. The van der Waals surface area contributed by atoms with E-state index in [1.165, 1.54) is 0 Å². The van der Waals surface area contributed by atoms with E-state index in [9.17, 15) is 9.59 Å². The largest absolute Gasteiger partial charge is 0.378 e. The predicted octanol–water partition coefficient (Wildman–Crippen LogP) is 4.00. The van der Waals surface area contributed by atoms with Crippen LogP contribution < -0.4 is 15.5 Å². The summed E-state index contributed by atoms with van der Waals surface area (Å²) in [6.45, 7) is 5.13. The Labute approximate surface area is 209 Å². The average molecular weight is 484 g/mol. The third kappa shape index (κ3) is 5.23. The van der Waals surface area contributed by atoms with Crippen molar-refractivity contribution in [3.63, 3.8) is 0 Å². The molecular weight excluding hydrogens is 454 g/mol. The minimum Gasteiger partial charge on any atom is -0.378 e. The van der Waals surface area contributed by atoms with E-state index in [1.54, 1.807) is 12.1 Å². The second-order valence-electron chi connectivity index (χ2n) is 8.80. The number of morpholine rings is 1. The Morgan fingerprint density at radius 1 is 0.944 bits per heavy atom. The van der Waals surface area contributed by atoms with E-state index in [2.05, 4.69) is 15.5 Å². The number of imidazole rings is 1. The molecule has 0 radical (unpaired) electrons. The van der Waals surface area contributed by atoms with Gasteiger partial charge in [0.15, 0.2) is 0 Å². The summed E-state index contributed by atoms with van der Waals surface area (Å²) < 4.78 is 7.28. The Bertz CT molecular complexity index is 1340. The molecule has 184 valence electrons. The molecule has 2 amide bonds. The molecule has 5 rings (SSSR count).